The molecule has 1 aliphatic rings. The number of piperidine rings is 1. The quantitative estimate of drug-likeness (QED) is 0.848. The predicted molar refractivity (Wildman–Crippen MR) is 76.6 cm³/mol. The highest BCUT2D eigenvalue weighted by molar-refractivity contribution is 5.92. The van der Waals surface area contributed by atoms with E-state index in [1.165, 1.54) is 6.20 Å². The molecule has 1 aliphatic heterocycles. The monoisotopic (exact) mass is 278 g/mol. The van der Waals surface area contributed by atoms with Crippen molar-refractivity contribution in [2.75, 3.05) is 25.0 Å². The molecule has 1 aromatic rings. The van der Waals surface area contributed by atoms with Crippen LogP contribution in [0.2, 0.25) is 0 Å². The standard InChI is InChI=1S/C14H22N4O2/c1-2-6-15-13-9-16-12(8-17-13)14(20)18-7-4-3-5-11(18)10-19/h8-9,11,19H,2-7,10H2,1H3,(H,15,17). The predicted octanol–water partition coefficient (Wildman–Crippen LogP) is 1.29. The second-order valence-electron chi connectivity index (χ2n) is 5.04. The van der Waals surface area contributed by atoms with E-state index in [2.05, 4.69) is 22.2 Å². The lowest BCUT2D eigenvalue weighted by Gasteiger charge is -2.34. The molecule has 0 radical (unpaired) electrons. The van der Waals surface area contributed by atoms with E-state index >= 15 is 0 Å². The molecular formula is C14H22N4O2. The number of carbonyl (C=O) groups is 1. The Bertz CT molecular complexity index is 435. The normalized spacial score (nSPS) is 18.9. The maximum atomic E-state index is 12.4. The maximum Gasteiger partial charge on any atom is 0.274 e. The number of aliphatic hydroxyl groups is 1. The van der Waals surface area contributed by atoms with E-state index in [4.69, 9.17) is 0 Å². The maximum absolute atomic E-state index is 12.4. The molecule has 1 aromatic heterocycles. The summed E-state index contributed by atoms with van der Waals surface area (Å²) in [6, 6.07) is -0.0871. The third kappa shape index (κ3) is 3.45. The van der Waals surface area contributed by atoms with E-state index < -0.39 is 0 Å². The molecule has 2 rings (SSSR count). The van der Waals surface area contributed by atoms with Crippen LogP contribution in [0.5, 0.6) is 0 Å². The Balaban J connectivity index is 2.04. The molecule has 0 aliphatic carbocycles. The van der Waals surface area contributed by atoms with Crippen molar-refractivity contribution in [1.82, 2.24) is 14.9 Å². The zero-order valence-electron chi connectivity index (χ0n) is 11.9. The number of nitrogens with one attached hydrogen (secondary N) is 1. The van der Waals surface area contributed by atoms with Gasteiger partial charge in [-0.25, -0.2) is 9.97 Å². The number of anilines is 1. The highest BCUT2D eigenvalue weighted by Crippen LogP contribution is 2.18. The van der Waals surface area contributed by atoms with E-state index in [0.29, 0.717) is 18.1 Å². The van der Waals surface area contributed by atoms with E-state index in [1.54, 1.807) is 11.1 Å². The molecule has 2 heterocycles. The van der Waals surface area contributed by atoms with Gasteiger partial charge in [-0.2, -0.15) is 0 Å². The average molecular weight is 278 g/mol. The summed E-state index contributed by atoms with van der Waals surface area (Å²) in [6.07, 6.45) is 6.98. The molecule has 1 fully saturated rings. The van der Waals surface area contributed by atoms with Crippen LogP contribution in [0.3, 0.4) is 0 Å². The largest absolute Gasteiger partial charge is 0.394 e. The third-order valence-electron chi connectivity index (χ3n) is 3.53. The fourth-order valence-corrected chi connectivity index (χ4v) is 2.39. The minimum Gasteiger partial charge on any atom is -0.394 e. The van der Waals surface area contributed by atoms with Gasteiger partial charge in [0.15, 0.2) is 0 Å². The third-order valence-corrected chi connectivity index (χ3v) is 3.53. The van der Waals surface area contributed by atoms with E-state index in [-0.39, 0.29) is 18.6 Å². The zero-order valence-corrected chi connectivity index (χ0v) is 11.9. The van der Waals surface area contributed by atoms with Crippen LogP contribution in [0.15, 0.2) is 12.4 Å². The van der Waals surface area contributed by atoms with Crippen LogP contribution >= 0.6 is 0 Å². The first kappa shape index (κ1) is 14.7. The second-order valence-corrected chi connectivity index (χ2v) is 5.04. The molecule has 1 amide bonds. The van der Waals surface area contributed by atoms with Crippen molar-refractivity contribution in [2.24, 2.45) is 0 Å². The molecule has 110 valence electrons. The van der Waals surface area contributed by atoms with Gasteiger partial charge in [0.1, 0.15) is 11.5 Å². The number of likely N-dealkylation sites (tertiary alicyclic amines) is 1. The summed E-state index contributed by atoms with van der Waals surface area (Å²) in [5.74, 6) is 0.541. The van der Waals surface area contributed by atoms with Crippen LogP contribution in [-0.4, -0.2) is 51.6 Å². The summed E-state index contributed by atoms with van der Waals surface area (Å²) in [5, 5.41) is 12.5. The Morgan fingerprint density at radius 1 is 1.45 bits per heavy atom. The summed E-state index contributed by atoms with van der Waals surface area (Å²) in [5.41, 5.74) is 0.340. The highest BCUT2D eigenvalue weighted by Gasteiger charge is 2.27. The van der Waals surface area contributed by atoms with Gasteiger partial charge in [0.2, 0.25) is 0 Å². The first-order valence-electron chi connectivity index (χ1n) is 7.24. The van der Waals surface area contributed by atoms with E-state index in [1.807, 2.05) is 0 Å². The summed E-state index contributed by atoms with van der Waals surface area (Å²) in [6.45, 7) is 3.60. The second kappa shape index (κ2) is 7.19. The van der Waals surface area contributed by atoms with Gasteiger partial charge < -0.3 is 15.3 Å². The van der Waals surface area contributed by atoms with Crippen LogP contribution in [0.25, 0.3) is 0 Å². The van der Waals surface area contributed by atoms with Gasteiger partial charge in [-0.3, -0.25) is 4.79 Å². The summed E-state index contributed by atoms with van der Waals surface area (Å²) >= 11 is 0. The van der Waals surface area contributed by atoms with Crippen molar-refractivity contribution in [1.29, 1.82) is 0 Å². The van der Waals surface area contributed by atoms with Gasteiger partial charge in [0.25, 0.3) is 5.91 Å². The van der Waals surface area contributed by atoms with Crippen molar-refractivity contribution in [3.05, 3.63) is 18.1 Å². The molecule has 20 heavy (non-hydrogen) atoms. The topological polar surface area (TPSA) is 78.4 Å². The Kier molecular flexibility index (Phi) is 5.29. The number of carbonyl (C=O) groups excluding carboxylic acids is 1. The van der Waals surface area contributed by atoms with Crippen molar-refractivity contribution in [2.45, 2.75) is 38.6 Å². The molecule has 0 bridgehead atoms. The molecule has 6 nitrogen and oxygen atoms in total. The number of rotatable bonds is 5. The first-order chi connectivity index (χ1) is 9.76. The minimum absolute atomic E-state index is 0.00923. The summed E-state index contributed by atoms with van der Waals surface area (Å²) < 4.78 is 0. The lowest BCUT2D eigenvalue weighted by Crippen LogP contribution is -2.45. The molecule has 1 atom stereocenters. The highest BCUT2D eigenvalue weighted by atomic mass is 16.3. The van der Waals surface area contributed by atoms with Crippen molar-refractivity contribution in [3.63, 3.8) is 0 Å². The van der Waals surface area contributed by atoms with Gasteiger partial charge in [-0.1, -0.05) is 6.92 Å². The molecular weight excluding hydrogens is 256 g/mol. The number of hydrogen-bond acceptors (Lipinski definition) is 5. The van der Waals surface area contributed by atoms with Crippen LogP contribution in [0, 0.1) is 0 Å². The Hall–Kier alpha value is -1.69. The number of amides is 1. The SMILES string of the molecule is CCCNc1cnc(C(=O)N2CCCCC2CO)cn1. The van der Waals surface area contributed by atoms with E-state index in [9.17, 15) is 9.90 Å². The smallest absolute Gasteiger partial charge is 0.274 e. The van der Waals surface area contributed by atoms with E-state index in [0.717, 1.165) is 32.2 Å². The minimum atomic E-state index is -0.140. The number of nitrogens with zero attached hydrogens (tertiary/aromatic N) is 3. The van der Waals surface area contributed by atoms with Crippen LogP contribution in [-0.2, 0) is 0 Å². The summed E-state index contributed by atoms with van der Waals surface area (Å²) in [7, 11) is 0. The van der Waals surface area contributed by atoms with Crippen molar-refractivity contribution < 1.29 is 9.90 Å². The van der Waals surface area contributed by atoms with Crippen LogP contribution in [0.4, 0.5) is 5.82 Å². The molecule has 0 spiro atoms. The lowest BCUT2D eigenvalue weighted by atomic mass is 10.0. The Morgan fingerprint density at radius 3 is 2.95 bits per heavy atom. The van der Waals surface area contributed by atoms with Gasteiger partial charge in [0, 0.05) is 13.1 Å². The van der Waals surface area contributed by atoms with Crippen LogP contribution < -0.4 is 5.32 Å². The lowest BCUT2D eigenvalue weighted by molar-refractivity contribution is 0.0497. The van der Waals surface area contributed by atoms with Gasteiger partial charge in [-0.15, -0.1) is 0 Å². The molecule has 6 heteroatoms. The summed E-state index contributed by atoms with van der Waals surface area (Å²) in [4.78, 5) is 22.5. The Labute approximate surface area is 119 Å². The van der Waals surface area contributed by atoms with Crippen molar-refractivity contribution >= 4 is 11.7 Å². The van der Waals surface area contributed by atoms with Crippen molar-refractivity contribution in [3.8, 4) is 0 Å². The first-order valence-corrected chi connectivity index (χ1v) is 7.24. The zero-order chi connectivity index (χ0) is 14.4. The fraction of sp³-hybridized carbons (Fsp3) is 0.643. The fourth-order valence-electron chi connectivity index (χ4n) is 2.39. The van der Waals surface area contributed by atoms with Gasteiger partial charge >= 0.3 is 0 Å². The van der Waals surface area contributed by atoms with Gasteiger partial charge in [-0.05, 0) is 25.7 Å². The van der Waals surface area contributed by atoms with Crippen LogP contribution in [0.1, 0.15) is 43.1 Å². The number of aliphatic hydroxyl groups excluding tert-OH is 1. The molecule has 2 N–H and O–H groups in total. The Morgan fingerprint density at radius 2 is 2.30 bits per heavy atom. The molecule has 0 aromatic carbocycles. The number of hydrogen-bond donors (Lipinski definition) is 2. The number of aromatic nitrogens is 2. The molecule has 1 unspecified atom stereocenters. The van der Waals surface area contributed by atoms with Gasteiger partial charge in [0.05, 0.1) is 25.0 Å². The average Bonchev–Trinajstić information content (AvgIpc) is 2.52. The molecule has 0 saturated carbocycles. The molecule has 1 saturated heterocycles.